The molecule has 0 aromatic carbocycles. The number of hydrogen-bond acceptors (Lipinski definition) is 4. The third-order valence-electron chi connectivity index (χ3n) is 4.24. The molecule has 0 aliphatic heterocycles. The first-order chi connectivity index (χ1) is 11.3. The SMILES string of the molecule is O=C(NCc1cccnc1)c1cnn2c3c(cnc12)CCCC3. The van der Waals surface area contributed by atoms with Crippen molar-refractivity contribution in [3.63, 3.8) is 0 Å². The molecule has 0 radical (unpaired) electrons. The van der Waals surface area contributed by atoms with Crippen molar-refractivity contribution in [1.29, 1.82) is 0 Å². The maximum atomic E-state index is 12.4. The Morgan fingerprint density at radius 3 is 3.00 bits per heavy atom. The van der Waals surface area contributed by atoms with Gasteiger partial charge >= 0.3 is 0 Å². The van der Waals surface area contributed by atoms with Gasteiger partial charge in [-0.05, 0) is 42.9 Å². The molecule has 0 saturated heterocycles. The standard InChI is InChI=1S/C17H17N5O/c23-17(20-9-12-4-3-7-18-8-12)14-11-21-22-15-6-2-1-5-13(15)10-19-16(14)22/h3-4,7-8,10-11H,1-2,5-6,9H2,(H,20,23). The Morgan fingerprint density at radius 1 is 1.22 bits per heavy atom. The summed E-state index contributed by atoms with van der Waals surface area (Å²) in [5, 5.41) is 7.29. The van der Waals surface area contributed by atoms with Gasteiger partial charge in [-0.3, -0.25) is 9.78 Å². The molecule has 4 rings (SSSR count). The molecule has 0 saturated carbocycles. The molecule has 116 valence electrons. The fraction of sp³-hybridized carbons (Fsp3) is 0.294. The largest absolute Gasteiger partial charge is 0.348 e. The molecule has 6 nitrogen and oxygen atoms in total. The first-order valence-electron chi connectivity index (χ1n) is 7.84. The first-order valence-corrected chi connectivity index (χ1v) is 7.84. The number of carbonyl (C=O) groups is 1. The highest BCUT2D eigenvalue weighted by Gasteiger charge is 2.19. The Balaban J connectivity index is 1.60. The zero-order chi connectivity index (χ0) is 15.6. The zero-order valence-electron chi connectivity index (χ0n) is 12.7. The number of fused-ring (bicyclic) bond motifs is 3. The first kappa shape index (κ1) is 13.9. The molecular weight excluding hydrogens is 290 g/mol. The number of nitrogens with zero attached hydrogens (tertiary/aromatic N) is 4. The van der Waals surface area contributed by atoms with Gasteiger partial charge in [0.15, 0.2) is 5.65 Å². The second-order valence-electron chi connectivity index (χ2n) is 5.77. The van der Waals surface area contributed by atoms with Crippen LogP contribution in [0, 0.1) is 0 Å². The molecule has 0 atom stereocenters. The van der Waals surface area contributed by atoms with Crippen LogP contribution in [0.4, 0.5) is 0 Å². The minimum Gasteiger partial charge on any atom is -0.348 e. The van der Waals surface area contributed by atoms with Crippen LogP contribution < -0.4 is 5.32 Å². The van der Waals surface area contributed by atoms with E-state index < -0.39 is 0 Å². The van der Waals surface area contributed by atoms with Crippen LogP contribution in [0.2, 0.25) is 0 Å². The van der Waals surface area contributed by atoms with Crippen molar-refractivity contribution < 1.29 is 4.79 Å². The summed E-state index contributed by atoms with van der Waals surface area (Å²) in [6, 6.07) is 3.78. The third kappa shape index (κ3) is 2.56. The number of amides is 1. The topological polar surface area (TPSA) is 72.2 Å². The number of pyridine rings is 1. The van der Waals surface area contributed by atoms with Crippen LogP contribution in [0.25, 0.3) is 5.65 Å². The van der Waals surface area contributed by atoms with Crippen LogP contribution >= 0.6 is 0 Å². The molecule has 23 heavy (non-hydrogen) atoms. The predicted octanol–water partition coefficient (Wildman–Crippen LogP) is 1.93. The lowest BCUT2D eigenvalue weighted by Crippen LogP contribution is -2.23. The van der Waals surface area contributed by atoms with Crippen molar-refractivity contribution >= 4 is 11.6 Å². The Labute approximate surface area is 133 Å². The Hall–Kier alpha value is -2.76. The van der Waals surface area contributed by atoms with Crippen LogP contribution in [0.3, 0.4) is 0 Å². The number of carbonyl (C=O) groups excluding carboxylic acids is 1. The van der Waals surface area contributed by atoms with Crippen molar-refractivity contribution in [3.05, 3.63) is 59.3 Å². The van der Waals surface area contributed by atoms with E-state index >= 15 is 0 Å². The zero-order valence-corrected chi connectivity index (χ0v) is 12.7. The van der Waals surface area contributed by atoms with Gasteiger partial charge in [0, 0.05) is 30.8 Å². The van der Waals surface area contributed by atoms with Crippen LogP contribution in [0.15, 0.2) is 36.9 Å². The van der Waals surface area contributed by atoms with Gasteiger partial charge in [-0.25, -0.2) is 9.50 Å². The molecule has 1 N–H and O–H groups in total. The number of aromatic nitrogens is 4. The molecule has 0 bridgehead atoms. The van der Waals surface area contributed by atoms with Gasteiger partial charge in [0.25, 0.3) is 5.91 Å². The maximum Gasteiger partial charge on any atom is 0.257 e. The van der Waals surface area contributed by atoms with Gasteiger partial charge in [-0.2, -0.15) is 5.10 Å². The molecule has 6 heteroatoms. The summed E-state index contributed by atoms with van der Waals surface area (Å²) in [6.07, 6.45) is 11.3. The van der Waals surface area contributed by atoms with E-state index in [9.17, 15) is 4.79 Å². The average Bonchev–Trinajstić information content (AvgIpc) is 3.05. The molecule has 1 amide bonds. The maximum absolute atomic E-state index is 12.4. The van der Waals surface area contributed by atoms with Gasteiger partial charge in [-0.15, -0.1) is 0 Å². The highest BCUT2D eigenvalue weighted by Crippen LogP contribution is 2.22. The predicted molar refractivity (Wildman–Crippen MR) is 85.0 cm³/mol. The lowest BCUT2D eigenvalue weighted by Gasteiger charge is -2.15. The van der Waals surface area contributed by atoms with Crippen molar-refractivity contribution in [2.45, 2.75) is 32.2 Å². The second kappa shape index (κ2) is 5.79. The molecule has 3 aromatic heterocycles. The van der Waals surface area contributed by atoms with Crippen molar-refractivity contribution in [1.82, 2.24) is 24.9 Å². The molecule has 0 fully saturated rings. The van der Waals surface area contributed by atoms with E-state index in [-0.39, 0.29) is 5.91 Å². The summed E-state index contributed by atoms with van der Waals surface area (Å²) in [5.41, 5.74) is 4.54. The van der Waals surface area contributed by atoms with Crippen LogP contribution in [-0.2, 0) is 19.4 Å². The molecule has 0 spiro atoms. The fourth-order valence-corrected chi connectivity index (χ4v) is 3.04. The molecular formula is C17H17N5O. The van der Waals surface area contributed by atoms with E-state index in [1.807, 2.05) is 22.8 Å². The number of rotatable bonds is 3. The smallest absolute Gasteiger partial charge is 0.257 e. The van der Waals surface area contributed by atoms with Crippen LogP contribution in [0.1, 0.15) is 40.0 Å². The minimum absolute atomic E-state index is 0.160. The summed E-state index contributed by atoms with van der Waals surface area (Å²) < 4.78 is 1.83. The van der Waals surface area contributed by atoms with Gasteiger partial charge < -0.3 is 5.32 Å². The summed E-state index contributed by atoms with van der Waals surface area (Å²) in [7, 11) is 0. The van der Waals surface area contributed by atoms with E-state index in [4.69, 9.17) is 0 Å². The Morgan fingerprint density at radius 2 is 2.13 bits per heavy atom. The van der Waals surface area contributed by atoms with Crippen molar-refractivity contribution in [2.24, 2.45) is 0 Å². The van der Waals surface area contributed by atoms with E-state index in [1.165, 1.54) is 17.7 Å². The van der Waals surface area contributed by atoms with Gasteiger partial charge in [0.2, 0.25) is 0 Å². The van der Waals surface area contributed by atoms with Gasteiger partial charge in [-0.1, -0.05) is 6.07 Å². The minimum atomic E-state index is -0.160. The molecule has 0 unspecified atom stereocenters. The lowest BCUT2D eigenvalue weighted by molar-refractivity contribution is 0.0952. The molecule has 3 aromatic rings. The Kier molecular flexibility index (Phi) is 3.49. The molecule has 1 aliphatic rings. The van der Waals surface area contributed by atoms with E-state index in [1.54, 1.807) is 18.6 Å². The summed E-state index contributed by atoms with van der Waals surface area (Å²) >= 11 is 0. The third-order valence-corrected chi connectivity index (χ3v) is 4.24. The van der Waals surface area contributed by atoms with E-state index in [2.05, 4.69) is 20.4 Å². The normalized spacial score (nSPS) is 13.7. The number of hydrogen-bond donors (Lipinski definition) is 1. The van der Waals surface area contributed by atoms with Crippen LogP contribution in [-0.4, -0.2) is 25.5 Å². The molecule has 3 heterocycles. The van der Waals surface area contributed by atoms with Crippen molar-refractivity contribution in [3.8, 4) is 0 Å². The Bertz CT molecular complexity index is 856. The average molecular weight is 307 g/mol. The highest BCUT2D eigenvalue weighted by molar-refractivity contribution is 5.99. The second-order valence-corrected chi connectivity index (χ2v) is 5.77. The van der Waals surface area contributed by atoms with Crippen molar-refractivity contribution in [2.75, 3.05) is 0 Å². The highest BCUT2D eigenvalue weighted by atomic mass is 16.1. The van der Waals surface area contributed by atoms with E-state index in [0.717, 1.165) is 24.8 Å². The van der Waals surface area contributed by atoms with Crippen LogP contribution in [0.5, 0.6) is 0 Å². The van der Waals surface area contributed by atoms with E-state index in [0.29, 0.717) is 17.8 Å². The number of nitrogens with one attached hydrogen (secondary N) is 1. The number of aryl methyl sites for hydroxylation is 2. The summed E-state index contributed by atoms with van der Waals surface area (Å²) in [5.74, 6) is -0.160. The van der Waals surface area contributed by atoms with Gasteiger partial charge in [0.05, 0.1) is 6.20 Å². The monoisotopic (exact) mass is 307 g/mol. The summed E-state index contributed by atoms with van der Waals surface area (Å²) in [6.45, 7) is 0.439. The fourth-order valence-electron chi connectivity index (χ4n) is 3.04. The van der Waals surface area contributed by atoms with Gasteiger partial charge in [0.1, 0.15) is 5.56 Å². The molecule has 1 aliphatic carbocycles. The quantitative estimate of drug-likeness (QED) is 0.802. The lowest BCUT2D eigenvalue weighted by atomic mass is 9.97. The summed E-state index contributed by atoms with van der Waals surface area (Å²) in [4.78, 5) is 20.9.